The van der Waals surface area contributed by atoms with Gasteiger partial charge in [0.05, 0.1) is 0 Å². The minimum Gasteiger partial charge on any atom is -0.458 e. The van der Waals surface area contributed by atoms with Crippen molar-refractivity contribution >= 4 is 78.5 Å². The number of aryl methyl sites for hydroxylation is 4. The van der Waals surface area contributed by atoms with Crippen molar-refractivity contribution in [2.45, 2.75) is 146 Å². The zero-order chi connectivity index (χ0) is 54.4. The standard InChI is InChI=1S/C74H72B2O2/c1-35(2)45-27-47(37(5)6)67(48(28-45)38(7)8)51-31-53-57-21-43(15)25-65-73(57)76(60-20-18-42(14)24-64(60)77-65)62-34-56-52(68-49(39(9)10)29-46(36(3)4)30-50(68)40(11)12)32-54-58-22-44(16)26-66-74(58)75(59-19-17-41(13)23-63(59)78-66)61-33-55(51)71(69(53)62)72(56)70(54)61/h17-40H,1-16H3. The fourth-order valence-corrected chi connectivity index (χ4v) is 15.0. The van der Waals surface area contributed by atoms with Crippen LogP contribution in [0.5, 0.6) is 23.0 Å². The number of fused-ring (bicyclic) bond motifs is 8. The van der Waals surface area contributed by atoms with E-state index in [9.17, 15) is 0 Å². The van der Waals surface area contributed by atoms with Gasteiger partial charge in [0.1, 0.15) is 23.0 Å². The molecule has 0 saturated carbocycles. The molecule has 0 amide bonds. The molecular weight excluding hydrogens is 942 g/mol. The van der Waals surface area contributed by atoms with Crippen molar-refractivity contribution in [2.75, 3.05) is 0 Å². The Labute approximate surface area is 464 Å². The molecule has 0 fully saturated rings. The largest absolute Gasteiger partial charge is 0.458 e. The topological polar surface area (TPSA) is 18.5 Å². The maximum Gasteiger partial charge on any atom is 0.252 e. The Hall–Kier alpha value is -7.03. The Morgan fingerprint density at radius 3 is 0.974 bits per heavy atom. The predicted molar refractivity (Wildman–Crippen MR) is 338 cm³/mol. The van der Waals surface area contributed by atoms with Crippen molar-refractivity contribution in [1.29, 1.82) is 0 Å². The summed E-state index contributed by atoms with van der Waals surface area (Å²) in [6, 6.07) is 44.4. The van der Waals surface area contributed by atoms with Crippen LogP contribution in [0.15, 0.2) is 109 Å². The third-order valence-electron chi connectivity index (χ3n) is 18.7. The Kier molecular flexibility index (Phi) is 10.9. The monoisotopic (exact) mass is 1010 g/mol. The van der Waals surface area contributed by atoms with Crippen LogP contribution in [0, 0.1) is 27.7 Å². The smallest absolute Gasteiger partial charge is 0.252 e. The van der Waals surface area contributed by atoms with E-state index in [-0.39, 0.29) is 13.4 Å². The quantitative estimate of drug-likeness (QED) is 0.112. The van der Waals surface area contributed by atoms with Crippen LogP contribution in [0.1, 0.15) is 174 Å². The van der Waals surface area contributed by atoms with E-state index in [1.54, 1.807) is 0 Å². The van der Waals surface area contributed by atoms with Crippen LogP contribution in [-0.2, 0) is 0 Å². The van der Waals surface area contributed by atoms with Crippen molar-refractivity contribution in [3.63, 3.8) is 0 Å². The summed E-state index contributed by atoms with van der Waals surface area (Å²) >= 11 is 0. The van der Waals surface area contributed by atoms with Crippen molar-refractivity contribution in [2.24, 2.45) is 0 Å². The first kappa shape index (κ1) is 49.3. The van der Waals surface area contributed by atoms with Gasteiger partial charge in [-0.05, 0) is 254 Å². The molecule has 0 bridgehead atoms. The number of hydrogen-bond donors (Lipinski definition) is 0. The Morgan fingerprint density at radius 1 is 0.295 bits per heavy atom. The van der Waals surface area contributed by atoms with E-state index < -0.39 is 0 Å². The van der Waals surface area contributed by atoms with E-state index in [4.69, 9.17) is 9.47 Å². The normalized spacial score (nSPS) is 13.7. The summed E-state index contributed by atoms with van der Waals surface area (Å²) in [5, 5.41) is 8.26. The highest BCUT2D eigenvalue weighted by Gasteiger charge is 2.45. The summed E-state index contributed by atoms with van der Waals surface area (Å²) in [5.74, 6) is 5.88. The van der Waals surface area contributed by atoms with E-state index in [1.165, 1.54) is 165 Å². The Morgan fingerprint density at radius 2 is 0.641 bits per heavy atom. The van der Waals surface area contributed by atoms with Gasteiger partial charge in [-0.15, -0.1) is 0 Å². The molecule has 0 N–H and O–H groups in total. The van der Waals surface area contributed by atoms with Gasteiger partial charge in [0.25, 0.3) is 13.4 Å². The summed E-state index contributed by atoms with van der Waals surface area (Å²) in [6.07, 6.45) is 0. The van der Waals surface area contributed by atoms with E-state index in [2.05, 4.69) is 220 Å². The summed E-state index contributed by atoms with van der Waals surface area (Å²) < 4.78 is 14.3. The van der Waals surface area contributed by atoms with Crippen molar-refractivity contribution in [3.05, 3.63) is 165 Å². The van der Waals surface area contributed by atoms with Crippen LogP contribution in [-0.4, -0.2) is 13.4 Å². The molecule has 4 aliphatic heterocycles. The molecule has 4 heteroatoms. The van der Waals surface area contributed by atoms with E-state index in [0.717, 1.165) is 23.0 Å². The van der Waals surface area contributed by atoms with Crippen LogP contribution in [0.4, 0.5) is 0 Å². The first-order chi connectivity index (χ1) is 37.3. The predicted octanol–water partition coefficient (Wildman–Crippen LogP) is 17.1. The van der Waals surface area contributed by atoms with Crippen LogP contribution in [0.3, 0.4) is 0 Å². The van der Waals surface area contributed by atoms with Gasteiger partial charge in [0.15, 0.2) is 0 Å². The molecule has 10 aromatic rings. The summed E-state index contributed by atoms with van der Waals surface area (Å²) in [6.45, 7) is 37.6. The van der Waals surface area contributed by atoms with E-state index in [0.29, 0.717) is 35.5 Å². The third kappa shape index (κ3) is 6.90. The molecule has 0 atom stereocenters. The zero-order valence-corrected chi connectivity index (χ0v) is 48.8. The Balaban J connectivity index is 1.29. The third-order valence-corrected chi connectivity index (χ3v) is 18.7. The summed E-state index contributed by atoms with van der Waals surface area (Å²) in [4.78, 5) is 0. The first-order valence-electron chi connectivity index (χ1n) is 29.4. The van der Waals surface area contributed by atoms with Gasteiger partial charge in [0, 0.05) is 0 Å². The van der Waals surface area contributed by atoms with Crippen LogP contribution in [0.25, 0.3) is 76.8 Å². The fraction of sp³-hybridized carbons (Fsp3) is 0.297. The molecule has 2 nitrogen and oxygen atoms in total. The molecule has 4 heterocycles. The SMILES string of the molecule is Cc1ccc2c(c1)Oc1cc(C)cc3c1B2c1cc2c(-c4c(C(C)C)cc(C(C)C)cc4C(C)C)cc4c5c(cc6c(-c7c(C(C)C)cc(C(C)C)cc7C(C)C)cc-3c1c6c25)B1c2ccc(C)cc2Oc2cc(C)cc-4c21. The van der Waals surface area contributed by atoms with E-state index >= 15 is 0 Å². The number of benzene rings is 10. The molecule has 10 aromatic carbocycles. The number of rotatable bonds is 8. The first-order valence-corrected chi connectivity index (χ1v) is 29.4. The molecule has 0 radical (unpaired) electrons. The second-order valence-corrected chi connectivity index (χ2v) is 26.1. The maximum absolute atomic E-state index is 7.15. The minimum absolute atomic E-state index is 0.0263. The van der Waals surface area contributed by atoms with Gasteiger partial charge in [-0.3, -0.25) is 0 Å². The lowest BCUT2D eigenvalue weighted by atomic mass is 9.31. The molecule has 0 aliphatic carbocycles. The zero-order valence-electron chi connectivity index (χ0n) is 48.8. The molecule has 0 saturated heterocycles. The highest BCUT2D eigenvalue weighted by atomic mass is 16.5. The molecule has 386 valence electrons. The summed E-state index contributed by atoms with van der Waals surface area (Å²) in [7, 11) is 0. The molecule has 4 aliphatic rings. The molecular formula is C74H72B2O2. The van der Waals surface area contributed by atoms with Gasteiger partial charge in [-0.1, -0.05) is 167 Å². The van der Waals surface area contributed by atoms with Gasteiger partial charge < -0.3 is 9.47 Å². The molecule has 0 unspecified atom stereocenters. The average Bonchev–Trinajstić information content (AvgIpc) is 3.08. The average molecular weight is 1020 g/mol. The lowest BCUT2D eigenvalue weighted by Gasteiger charge is -2.38. The van der Waals surface area contributed by atoms with Gasteiger partial charge in [-0.25, -0.2) is 0 Å². The molecule has 78 heavy (non-hydrogen) atoms. The highest BCUT2D eigenvalue weighted by molar-refractivity contribution is 7.01. The lowest BCUT2D eigenvalue weighted by molar-refractivity contribution is 0.486. The minimum atomic E-state index is -0.0263. The number of hydrogen-bond acceptors (Lipinski definition) is 2. The molecule has 0 spiro atoms. The molecule has 0 aromatic heterocycles. The molecule has 14 rings (SSSR count). The maximum atomic E-state index is 7.15. The fourth-order valence-electron chi connectivity index (χ4n) is 15.0. The van der Waals surface area contributed by atoms with Crippen molar-refractivity contribution < 1.29 is 9.47 Å². The lowest BCUT2D eigenvalue weighted by Crippen LogP contribution is -2.58. The van der Waals surface area contributed by atoms with Crippen LogP contribution in [0.2, 0.25) is 0 Å². The number of ether oxygens (including phenoxy) is 2. The second-order valence-electron chi connectivity index (χ2n) is 26.1. The highest BCUT2D eigenvalue weighted by Crippen LogP contribution is 2.54. The van der Waals surface area contributed by atoms with Gasteiger partial charge >= 0.3 is 0 Å². The van der Waals surface area contributed by atoms with E-state index in [1.807, 2.05) is 0 Å². The van der Waals surface area contributed by atoms with Gasteiger partial charge in [0.2, 0.25) is 0 Å². The summed E-state index contributed by atoms with van der Waals surface area (Å²) in [5.41, 5.74) is 31.9. The second kappa shape index (κ2) is 17.2. The van der Waals surface area contributed by atoms with Crippen molar-refractivity contribution in [1.82, 2.24) is 0 Å². The van der Waals surface area contributed by atoms with Gasteiger partial charge in [-0.2, -0.15) is 0 Å². The van der Waals surface area contributed by atoms with Crippen molar-refractivity contribution in [3.8, 4) is 67.5 Å². The van der Waals surface area contributed by atoms with Crippen LogP contribution < -0.4 is 42.3 Å². The van der Waals surface area contributed by atoms with Crippen LogP contribution >= 0.6 is 0 Å². The Bertz CT molecular complexity index is 3940.